The summed E-state index contributed by atoms with van der Waals surface area (Å²) in [5, 5.41) is 10.9. The molecule has 0 aromatic heterocycles. The average Bonchev–Trinajstić information content (AvgIpc) is 2.64. The van der Waals surface area contributed by atoms with Crippen molar-refractivity contribution >= 4 is 0 Å². The van der Waals surface area contributed by atoms with Crippen LogP contribution in [0.3, 0.4) is 0 Å². The zero-order chi connectivity index (χ0) is 16.4. The van der Waals surface area contributed by atoms with Crippen molar-refractivity contribution in [1.82, 2.24) is 4.90 Å². The highest BCUT2D eigenvalue weighted by molar-refractivity contribution is 5.43. The Morgan fingerprint density at radius 3 is 2.38 bits per heavy atom. The van der Waals surface area contributed by atoms with Gasteiger partial charge in [-0.15, -0.1) is 0 Å². The lowest BCUT2D eigenvalue weighted by Gasteiger charge is -2.38. The molecular weight excluding hydrogens is 302 g/mol. The molecule has 2 aliphatic rings. The monoisotopic (exact) mass is 325 g/mol. The van der Waals surface area contributed by atoms with Gasteiger partial charge in [0.2, 0.25) is 0 Å². The molecule has 0 atom stereocenters. The molecule has 1 N–H and O–H groups in total. The van der Waals surface area contributed by atoms with Gasteiger partial charge in [-0.1, -0.05) is 36.4 Å². The molecule has 0 amide bonds. The molecule has 0 unspecified atom stereocenters. The van der Waals surface area contributed by atoms with Crippen molar-refractivity contribution in [2.45, 2.75) is 25.0 Å². The molecule has 126 valence electrons. The molecule has 0 aliphatic carbocycles. The average molecular weight is 325 g/mol. The van der Waals surface area contributed by atoms with Crippen LogP contribution in [0.5, 0.6) is 11.5 Å². The van der Waals surface area contributed by atoms with Gasteiger partial charge in [0.1, 0.15) is 13.2 Å². The maximum atomic E-state index is 10.9. The molecular formula is C20H23NO3. The van der Waals surface area contributed by atoms with Gasteiger partial charge in [-0.25, -0.2) is 0 Å². The minimum Gasteiger partial charge on any atom is -0.486 e. The predicted molar refractivity (Wildman–Crippen MR) is 92.3 cm³/mol. The van der Waals surface area contributed by atoms with E-state index in [9.17, 15) is 5.11 Å². The van der Waals surface area contributed by atoms with Gasteiger partial charge in [-0.3, -0.25) is 4.90 Å². The van der Waals surface area contributed by atoms with Crippen LogP contribution in [0.15, 0.2) is 48.5 Å². The summed E-state index contributed by atoms with van der Waals surface area (Å²) in [6.45, 7) is 3.89. The first kappa shape index (κ1) is 15.5. The number of fused-ring (bicyclic) bond motifs is 1. The molecule has 2 aromatic rings. The predicted octanol–water partition coefficient (Wildman–Crippen LogP) is 2.94. The Kier molecular flexibility index (Phi) is 4.17. The summed E-state index contributed by atoms with van der Waals surface area (Å²) in [7, 11) is 0. The Labute approximate surface area is 142 Å². The largest absolute Gasteiger partial charge is 0.486 e. The third-order valence-electron chi connectivity index (χ3n) is 5.01. The standard InChI is InChI=1S/C20H23NO3/c22-20(17-4-2-1-3-5-17)8-10-21(11-9-20)15-16-6-7-18-19(14-16)24-13-12-23-18/h1-7,14,22H,8-13,15H2. The van der Waals surface area contributed by atoms with Crippen molar-refractivity contribution < 1.29 is 14.6 Å². The molecule has 4 rings (SSSR count). The van der Waals surface area contributed by atoms with Gasteiger partial charge in [-0.2, -0.15) is 0 Å². The normalized spacial score (nSPS) is 19.9. The highest BCUT2D eigenvalue weighted by atomic mass is 16.6. The van der Waals surface area contributed by atoms with Gasteiger partial charge in [0.05, 0.1) is 5.60 Å². The Bertz CT molecular complexity index is 693. The van der Waals surface area contributed by atoms with Crippen molar-refractivity contribution in [3.05, 3.63) is 59.7 Å². The Morgan fingerprint density at radius 2 is 1.62 bits per heavy atom. The number of likely N-dealkylation sites (tertiary alicyclic amines) is 1. The van der Waals surface area contributed by atoms with E-state index in [4.69, 9.17) is 9.47 Å². The third kappa shape index (κ3) is 3.12. The van der Waals surface area contributed by atoms with Crippen LogP contribution in [0.4, 0.5) is 0 Å². The number of rotatable bonds is 3. The van der Waals surface area contributed by atoms with Crippen molar-refractivity contribution in [3.8, 4) is 11.5 Å². The van der Waals surface area contributed by atoms with E-state index in [2.05, 4.69) is 17.0 Å². The number of benzene rings is 2. The van der Waals surface area contributed by atoms with E-state index in [0.29, 0.717) is 13.2 Å². The number of piperidine rings is 1. The fraction of sp³-hybridized carbons (Fsp3) is 0.400. The van der Waals surface area contributed by atoms with E-state index in [1.54, 1.807) is 0 Å². The Hall–Kier alpha value is -2.04. The van der Waals surface area contributed by atoms with Crippen LogP contribution in [-0.2, 0) is 12.1 Å². The van der Waals surface area contributed by atoms with E-state index in [1.165, 1.54) is 5.56 Å². The van der Waals surface area contributed by atoms with Gasteiger partial charge in [0.15, 0.2) is 11.5 Å². The lowest BCUT2D eigenvalue weighted by molar-refractivity contribution is -0.0277. The molecule has 2 heterocycles. The number of ether oxygens (including phenoxy) is 2. The van der Waals surface area contributed by atoms with E-state index in [1.807, 2.05) is 36.4 Å². The van der Waals surface area contributed by atoms with Gasteiger partial charge in [0, 0.05) is 19.6 Å². The maximum Gasteiger partial charge on any atom is 0.161 e. The zero-order valence-electron chi connectivity index (χ0n) is 13.8. The van der Waals surface area contributed by atoms with E-state index < -0.39 is 5.60 Å². The number of hydrogen-bond donors (Lipinski definition) is 1. The lowest BCUT2D eigenvalue weighted by atomic mass is 9.84. The Balaban J connectivity index is 1.40. The van der Waals surface area contributed by atoms with Crippen molar-refractivity contribution in [2.24, 2.45) is 0 Å². The first-order chi connectivity index (χ1) is 11.7. The summed E-state index contributed by atoms with van der Waals surface area (Å²) in [5.74, 6) is 1.68. The summed E-state index contributed by atoms with van der Waals surface area (Å²) >= 11 is 0. The van der Waals surface area contributed by atoms with Crippen LogP contribution in [0, 0.1) is 0 Å². The fourth-order valence-electron chi connectivity index (χ4n) is 3.56. The summed E-state index contributed by atoms with van der Waals surface area (Å²) in [6.07, 6.45) is 1.53. The van der Waals surface area contributed by atoms with E-state index >= 15 is 0 Å². The van der Waals surface area contributed by atoms with Gasteiger partial charge in [-0.05, 0) is 36.1 Å². The number of aliphatic hydroxyl groups is 1. The van der Waals surface area contributed by atoms with Crippen LogP contribution < -0.4 is 9.47 Å². The van der Waals surface area contributed by atoms with Crippen molar-refractivity contribution in [2.75, 3.05) is 26.3 Å². The van der Waals surface area contributed by atoms with Crippen molar-refractivity contribution in [3.63, 3.8) is 0 Å². The molecule has 0 bridgehead atoms. The summed E-state index contributed by atoms with van der Waals surface area (Å²) < 4.78 is 11.2. The number of hydrogen-bond acceptors (Lipinski definition) is 4. The molecule has 4 heteroatoms. The molecule has 4 nitrogen and oxygen atoms in total. The second-order valence-electron chi connectivity index (χ2n) is 6.65. The van der Waals surface area contributed by atoms with Gasteiger partial charge in [0.25, 0.3) is 0 Å². The highest BCUT2D eigenvalue weighted by Crippen LogP contribution is 2.34. The van der Waals surface area contributed by atoms with Crippen molar-refractivity contribution in [1.29, 1.82) is 0 Å². The summed E-state index contributed by atoms with van der Waals surface area (Å²) in [6, 6.07) is 16.2. The molecule has 24 heavy (non-hydrogen) atoms. The topological polar surface area (TPSA) is 41.9 Å². The molecule has 2 aliphatic heterocycles. The van der Waals surface area contributed by atoms with Crippen LogP contribution in [0.2, 0.25) is 0 Å². The van der Waals surface area contributed by atoms with Gasteiger partial charge >= 0.3 is 0 Å². The minimum atomic E-state index is -0.690. The van der Waals surface area contributed by atoms with E-state index in [-0.39, 0.29) is 0 Å². The molecule has 2 aromatic carbocycles. The molecule has 1 fully saturated rings. The first-order valence-corrected chi connectivity index (χ1v) is 8.62. The third-order valence-corrected chi connectivity index (χ3v) is 5.01. The maximum absolute atomic E-state index is 10.9. The molecule has 0 saturated carbocycles. The molecule has 1 saturated heterocycles. The fourth-order valence-corrected chi connectivity index (χ4v) is 3.56. The van der Waals surface area contributed by atoms with Gasteiger partial charge < -0.3 is 14.6 Å². The quantitative estimate of drug-likeness (QED) is 0.942. The second kappa shape index (κ2) is 6.46. The van der Waals surface area contributed by atoms with E-state index in [0.717, 1.165) is 49.5 Å². The molecule has 0 radical (unpaired) electrons. The summed E-state index contributed by atoms with van der Waals surface area (Å²) in [5.41, 5.74) is 1.57. The smallest absolute Gasteiger partial charge is 0.161 e. The van der Waals surface area contributed by atoms with Crippen LogP contribution in [0.1, 0.15) is 24.0 Å². The first-order valence-electron chi connectivity index (χ1n) is 8.62. The molecule has 0 spiro atoms. The summed E-state index contributed by atoms with van der Waals surface area (Å²) in [4.78, 5) is 2.39. The second-order valence-corrected chi connectivity index (χ2v) is 6.65. The Morgan fingerprint density at radius 1 is 0.917 bits per heavy atom. The number of nitrogens with zero attached hydrogens (tertiary/aromatic N) is 1. The SMILES string of the molecule is OC1(c2ccccc2)CCN(Cc2ccc3c(c2)OCCO3)CC1. The minimum absolute atomic E-state index is 0.615. The van der Waals surface area contributed by atoms with Crippen LogP contribution in [0.25, 0.3) is 0 Å². The zero-order valence-corrected chi connectivity index (χ0v) is 13.8. The highest BCUT2D eigenvalue weighted by Gasteiger charge is 2.33. The lowest BCUT2D eigenvalue weighted by Crippen LogP contribution is -2.42. The van der Waals surface area contributed by atoms with Crippen LogP contribution >= 0.6 is 0 Å². The van der Waals surface area contributed by atoms with Crippen LogP contribution in [-0.4, -0.2) is 36.3 Å².